The van der Waals surface area contributed by atoms with Gasteiger partial charge in [0.25, 0.3) is 0 Å². The van der Waals surface area contributed by atoms with Crippen LogP contribution in [0.2, 0.25) is 0 Å². The van der Waals surface area contributed by atoms with Gasteiger partial charge in [0.05, 0.1) is 5.69 Å². The van der Waals surface area contributed by atoms with E-state index in [0.29, 0.717) is 0 Å². The Morgan fingerprint density at radius 3 is 2.59 bits per heavy atom. The molecular formula is C14H12N2O. The SMILES string of the molecule is NC(=O)N1C=CCc2cc3ccccc3cc21. The highest BCUT2D eigenvalue weighted by atomic mass is 16.2. The van der Waals surface area contributed by atoms with Crippen LogP contribution in [0.25, 0.3) is 10.8 Å². The lowest BCUT2D eigenvalue weighted by Gasteiger charge is -2.23. The van der Waals surface area contributed by atoms with Crippen molar-refractivity contribution < 1.29 is 4.79 Å². The number of allylic oxidation sites excluding steroid dienone is 1. The van der Waals surface area contributed by atoms with Crippen molar-refractivity contribution >= 4 is 22.5 Å². The molecule has 0 spiro atoms. The number of anilines is 1. The number of nitrogens with zero attached hydrogens (tertiary/aromatic N) is 1. The van der Waals surface area contributed by atoms with E-state index in [-0.39, 0.29) is 0 Å². The van der Waals surface area contributed by atoms with E-state index in [9.17, 15) is 4.79 Å². The van der Waals surface area contributed by atoms with Gasteiger partial charge in [0.2, 0.25) is 0 Å². The molecule has 3 rings (SSSR count). The van der Waals surface area contributed by atoms with Crippen LogP contribution in [0.15, 0.2) is 48.7 Å². The highest BCUT2D eigenvalue weighted by Gasteiger charge is 2.17. The van der Waals surface area contributed by atoms with Crippen LogP contribution in [-0.2, 0) is 6.42 Å². The van der Waals surface area contributed by atoms with Gasteiger partial charge in [-0.25, -0.2) is 4.79 Å². The molecule has 1 heterocycles. The zero-order valence-electron chi connectivity index (χ0n) is 9.26. The van der Waals surface area contributed by atoms with Crippen LogP contribution >= 0.6 is 0 Å². The van der Waals surface area contributed by atoms with Crippen molar-refractivity contribution in [3.63, 3.8) is 0 Å². The van der Waals surface area contributed by atoms with Crippen molar-refractivity contribution in [3.05, 3.63) is 54.2 Å². The lowest BCUT2D eigenvalue weighted by atomic mass is 10.0. The summed E-state index contributed by atoms with van der Waals surface area (Å²) in [5.74, 6) is 0. The minimum Gasteiger partial charge on any atom is -0.351 e. The maximum absolute atomic E-state index is 11.4. The van der Waals surface area contributed by atoms with Gasteiger partial charge in [-0.15, -0.1) is 0 Å². The highest BCUT2D eigenvalue weighted by Crippen LogP contribution is 2.30. The molecule has 84 valence electrons. The summed E-state index contributed by atoms with van der Waals surface area (Å²) in [7, 11) is 0. The van der Waals surface area contributed by atoms with Crippen LogP contribution in [0.4, 0.5) is 10.5 Å². The van der Waals surface area contributed by atoms with Crippen LogP contribution in [0.1, 0.15) is 5.56 Å². The number of urea groups is 1. The van der Waals surface area contributed by atoms with Crippen LogP contribution in [-0.4, -0.2) is 6.03 Å². The average Bonchev–Trinajstić information content (AvgIpc) is 2.35. The third-order valence-electron chi connectivity index (χ3n) is 3.04. The molecule has 0 saturated heterocycles. The third-order valence-corrected chi connectivity index (χ3v) is 3.04. The van der Waals surface area contributed by atoms with E-state index in [1.165, 1.54) is 10.3 Å². The Morgan fingerprint density at radius 1 is 1.18 bits per heavy atom. The van der Waals surface area contributed by atoms with Crippen molar-refractivity contribution in [2.75, 3.05) is 4.90 Å². The average molecular weight is 224 g/mol. The molecule has 17 heavy (non-hydrogen) atoms. The second kappa shape index (κ2) is 3.63. The predicted octanol–water partition coefficient (Wildman–Crippen LogP) is 2.79. The predicted molar refractivity (Wildman–Crippen MR) is 68.9 cm³/mol. The molecule has 2 amide bonds. The van der Waals surface area contributed by atoms with Crippen LogP contribution in [0.5, 0.6) is 0 Å². The molecule has 0 aliphatic carbocycles. The van der Waals surface area contributed by atoms with Gasteiger partial charge in [-0.3, -0.25) is 4.90 Å². The van der Waals surface area contributed by atoms with Gasteiger partial charge in [-0.1, -0.05) is 30.3 Å². The van der Waals surface area contributed by atoms with E-state index in [0.717, 1.165) is 23.1 Å². The maximum Gasteiger partial charge on any atom is 0.323 e. The largest absolute Gasteiger partial charge is 0.351 e. The van der Waals surface area contributed by atoms with Gasteiger partial charge in [0.15, 0.2) is 0 Å². The summed E-state index contributed by atoms with van der Waals surface area (Å²) in [6, 6.07) is 11.8. The Balaban J connectivity index is 2.25. The maximum atomic E-state index is 11.4. The highest BCUT2D eigenvalue weighted by molar-refractivity contribution is 5.98. The minimum atomic E-state index is -0.447. The van der Waals surface area contributed by atoms with E-state index >= 15 is 0 Å². The molecule has 3 heteroatoms. The summed E-state index contributed by atoms with van der Waals surface area (Å²) in [5.41, 5.74) is 7.38. The standard InChI is InChI=1S/C14H12N2O/c15-14(17)16-7-3-6-12-8-10-4-1-2-5-11(10)9-13(12)16/h1-5,7-9H,6H2,(H2,15,17). The first kappa shape index (κ1) is 9.90. The Bertz CT molecular complexity index is 631. The van der Waals surface area contributed by atoms with Crippen molar-refractivity contribution in [1.29, 1.82) is 0 Å². The third kappa shape index (κ3) is 1.56. The van der Waals surface area contributed by atoms with E-state index < -0.39 is 6.03 Å². The molecule has 0 radical (unpaired) electrons. The van der Waals surface area contributed by atoms with E-state index in [1.54, 1.807) is 6.20 Å². The van der Waals surface area contributed by atoms with Crippen molar-refractivity contribution in [2.24, 2.45) is 5.73 Å². The van der Waals surface area contributed by atoms with E-state index in [1.807, 2.05) is 30.3 Å². The summed E-state index contributed by atoms with van der Waals surface area (Å²) in [6.07, 6.45) is 4.52. The molecule has 2 aromatic rings. The number of rotatable bonds is 0. The number of benzene rings is 2. The molecule has 3 nitrogen and oxygen atoms in total. The monoisotopic (exact) mass is 224 g/mol. The van der Waals surface area contributed by atoms with Gasteiger partial charge in [-0.2, -0.15) is 0 Å². The van der Waals surface area contributed by atoms with Crippen molar-refractivity contribution in [2.45, 2.75) is 6.42 Å². The number of hydrogen-bond donors (Lipinski definition) is 1. The molecule has 2 aromatic carbocycles. The fraction of sp³-hybridized carbons (Fsp3) is 0.0714. The number of carbonyl (C=O) groups excluding carboxylic acids is 1. The lowest BCUT2D eigenvalue weighted by Crippen LogP contribution is -2.32. The van der Waals surface area contributed by atoms with Gasteiger partial charge in [0.1, 0.15) is 0 Å². The number of primary amides is 1. The molecule has 0 aromatic heterocycles. The van der Waals surface area contributed by atoms with E-state index in [2.05, 4.69) is 12.1 Å². The summed E-state index contributed by atoms with van der Waals surface area (Å²) < 4.78 is 0. The van der Waals surface area contributed by atoms with Gasteiger partial charge >= 0.3 is 6.03 Å². The zero-order valence-corrected chi connectivity index (χ0v) is 9.26. The summed E-state index contributed by atoms with van der Waals surface area (Å²) in [6.45, 7) is 0. The fourth-order valence-electron chi connectivity index (χ4n) is 2.22. The first-order chi connectivity index (χ1) is 8.25. The van der Waals surface area contributed by atoms with Crippen LogP contribution in [0.3, 0.4) is 0 Å². The molecule has 0 saturated carbocycles. The summed E-state index contributed by atoms with van der Waals surface area (Å²) in [5, 5.41) is 2.30. The van der Waals surface area contributed by atoms with Crippen molar-refractivity contribution in [1.82, 2.24) is 0 Å². The molecule has 2 N–H and O–H groups in total. The number of fused-ring (bicyclic) bond motifs is 2. The number of carbonyl (C=O) groups is 1. The quantitative estimate of drug-likeness (QED) is 0.734. The number of hydrogen-bond acceptors (Lipinski definition) is 1. The topological polar surface area (TPSA) is 46.3 Å². The lowest BCUT2D eigenvalue weighted by molar-refractivity contribution is 0.255. The first-order valence-electron chi connectivity index (χ1n) is 5.53. The second-order valence-corrected chi connectivity index (χ2v) is 4.13. The Labute approximate surface area is 99.1 Å². The van der Waals surface area contributed by atoms with Gasteiger partial charge in [-0.05, 0) is 34.9 Å². The molecule has 0 atom stereocenters. The molecular weight excluding hydrogens is 212 g/mol. The first-order valence-corrected chi connectivity index (χ1v) is 5.53. The number of nitrogens with two attached hydrogens (primary N) is 1. The molecule has 0 bridgehead atoms. The normalized spacial score (nSPS) is 13.8. The molecule has 0 unspecified atom stereocenters. The Hall–Kier alpha value is -2.29. The molecule has 1 aliphatic heterocycles. The van der Waals surface area contributed by atoms with Gasteiger partial charge < -0.3 is 5.73 Å². The summed E-state index contributed by atoms with van der Waals surface area (Å²) in [4.78, 5) is 12.8. The van der Waals surface area contributed by atoms with Crippen molar-refractivity contribution in [3.8, 4) is 0 Å². The Kier molecular flexibility index (Phi) is 2.11. The van der Waals surface area contributed by atoms with E-state index in [4.69, 9.17) is 5.73 Å². The number of amides is 2. The van der Waals surface area contributed by atoms with Crippen LogP contribution in [0, 0.1) is 0 Å². The Morgan fingerprint density at radius 2 is 1.88 bits per heavy atom. The fourth-order valence-corrected chi connectivity index (χ4v) is 2.22. The molecule has 1 aliphatic rings. The smallest absolute Gasteiger partial charge is 0.323 e. The minimum absolute atomic E-state index is 0.447. The molecule has 0 fully saturated rings. The zero-order chi connectivity index (χ0) is 11.8. The van der Waals surface area contributed by atoms with Crippen LogP contribution < -0.4 is 10.6 Å². The summed E-state index contributed by atoms with van der Waals surface area (Å²) >= 11 is 0. The van der Waals surface area contributed by atoms with Gasteiger partial charge in [0, 0.05) is 6.20 Å². The second-order valence-electron chi connectivity index (χ2n) is 4.13.